The zero-order chi connectivity index (χ0) is 16.5. The molecule has 3 heterocycles. The molecular formula is C19H24N4O. The fraction of sp³-hybridized carbons (Fsp3) is 0.474. The lowest BCUT2D eigenvalue weighted by molar-refractivity contribution is 0.413. The molecule has 0 saturated carbocycles. The molecule has 24 heavy (non-hydrogen) atoms. The average molecular weight is 324 g/mol. The number of hydrogen-bond donors (Lipinski definition) is 1. The minimum atomic E-state index is 0.881. The number of rotatable bonds is 2. The number of aromatic nitrogens is 2. The molecule has 2 aromatic rings. The number of hydrogen-bond acceptors (Lipinski definition) is 5. The summed E-state index contributed by atoms with van der Waals surface area (Å²) in [6.07, 6.45) is 3.03. The van der Waals surface area contributed by atoms with Gasteiger partial charge in [0.15, 0.2) is 0 Å². The smallest absolute Gasteiger partial charge is 0.136 e. The van der Waals surface area contributed by atoms with Crippen LogP contribution in [-0.2, 0) is 25.8 Å². The second-order valence-electron chi connectivity index (χ2n) is 6.58. The summed E-state index contributed by atoms with van der Waals surface area (Å²) in [5.74, 6) is 2.97. The van der Waals surface area contributed by atoms with Gasteiger partial charge in [-0.15, -0.1) is 0 Å². The average Bonchev–Trinajstić information content (AvgIpc) is 2.85. The first-order valence-corrected chi connectivity index (χ1v) is 8.72. The highest BCUT2D eigenvalue weighted by molar-refractivity contribution is 5.53. The largest absolute Gasteiger partial charge is 0.497 e. The van der Waals surface area contributed by atoms with Crippen LogP contribution in [0.5, 0.6) is 5.75 Å². The lowest BCUT2D eigenvalue weighted by Crippen LogP contribution is -2.32. The van der Waals surface area contributed by atoms with Crippen LogP contribution >= 0.6 is 0 Å². The molecule has 1 aromatic heterocycles. The third-order valence-corrected chi connectivity index (χ3v) is 5.00. The van der Waals surface area contributed by atoms with E-state index in [1.165, 1.54) is 22.4 Å². The standard InChI is InChI=1S/C19H24N4O/c1-13-21-18-6-9-20-8-5-17(18)19(22-13)23-10-7-14-11-16(24-2)4-3-15(14)12-23/h3-4,11,20H,5-10,12H2,1-2H3. The van der Waals surface area contributed by atoms with E-state index < -0.39 is 0 Å². The molecule has 1 N–H and O–H groups in total. The SMILES string of the molecule is COc1ccc2c(c1)CCN(c1nc(C)nc3c1CCNCC3)C2. The van der Waals surface area contributed by atoms with E-state index in [-0.39, 0.29) is 0 Å². The van der Waals surface area contributed by atoms with E-state index in [1.54, 1.807) is 7.11 Å². The van der Waals surface area contributed by atoms with Gasteiger partial charge in [-0.1, -0.05) is 6.07 Å². The van der Waals surface area contributed by atoms with Crippen molar-refractivity contribution in [1.29, 1.82) is 0 Å². The van der Waals surface area contributed by atoms with E-state index in [2.05, 4.69) is 28.4 Å². The Kier molecular flexibility index (Phi) is 4.10. The highest BCUT2D eigenvalue weighted by Crippen LogP contribution is 2.30. The van der Waals surface area contributed by atoms with Crippen molar-refractivity contribution >= 4 is 5.82 Å². The number of aryl methyl sites for hydroxylation is 1. The van der Waals surface area contributed by atoms with E-state index in [0.29, 0.717) is 0 Å². The van der Waals surface area contributed by atoms with Crippen molar-refractivity contribution in [3.8, 4) is 5.75 Å². The molecule has 0 saturated heterocycles. The van der Waals surface area contributed by atoms with Crippen LogP contribution in [-0.4, -0.2) is 36.7 Å². The Morgan fingerprint density at radius 3 is 2.83 bits per heavy atom. The molecule has 1 aromatic carbocycles. The Balaban J connectivity index is 1.68. The van der Waals surface area contributed by atoms with Gasteiger partial charge in [-0.25, -0.2) is 9.97 Å². The highest BCUT2D eigenvalue weighted by atomic mass is 16.5. The van der Waals surface area contributed by atoms with Crippen LogP contribution in [0.2, 0.25) is 0 Å². The van der Waals surface area contributed by atoms with Crippen LogP contribution in [0.15, 0.2) is 18.2 Å². The van der Waals surface area contributed by atoms with Gasteiger partial charge in [0.2, 0.25) is 0 Å². The summed E-state index contributed by atoms with van der Waals surface area (Å²) in [4.78, 5) is 11.9. The van der Waals surface area contributed by atoms with Crippen LogP contribution in [0.25, 0.3) is 0 Å². The summed E-state index contributed by atoms with van der Waals surface area (Å²) in [5, 5.41) is 3.47. The van der Waals surface area contributed by atoms with Gasteiger partial charge in [-0.3, -0.25) is 0 Å². The van der Waals surface area contributed by atoms with Crippen molar-refractivity contribution in [2.75, 3.05) is 31.6 Å². The van der Waals surface area contributed by atoms with Gasteiger partial charge < -0.3 is 15.0 Å². The van der Waals surface area contributed by atoms with Crippen LogP contribution < -0.4 is 15.0 Å². The lowest BCUT2D eigenvalue weighted by atomic mass is 9.98. The second kappa shape index (κ2) is 6.40. The van der Waals surface area contributed by atoms with Crippen LogP contribution in [0.1, 0.15) is 28.2 Å². The van der Waals surface area contributed by atoms with E-state index in [1.807, 2.05) is 6.92 Å². The molecule has 2 aliphatic rings. The number of ether oxygens (including phenoxy) is 1. The van der Waals surface area contributed by atoms with Gasteiger partial charge in [-0.2, -0.15) is 0 Å². The molecule has 0 spiro atoms. The van der Waals surface area contributed by atoms with E-state index in [4.69, 9.17) is 14.7 Å². The van der Waals surface area contributed by atoms with Crippen molar-refractivity contribution in [3.63, 3.8) is 0 Å². The molecule has 5 heteroatoms. The molecule has 2 aliphatic heterocycles. The predicted octanol–water partition coefficient (Wildman–Crippen LogP) is 2.04. The molecule has 4 rings (SSSR count). The maximum Gasteiger partial charge on any atom is 0.136 e. The van der Waals surface area contributed by atoms with E-state index in [9.17, 15) is 0 Å². The molecule has 0 radical (unpaired) electrons. The first-order valence-electron chi connectivity index (χ1n) is 8.72. The molecular weight excluding hydrogens is 300 g/mol. The third-order valence-electron chi connectivity index (χ3n) is 5.00. The van der Waals surface area contributed by atoms with Crippen LogP contribution in [0, 0.1) is 6.92 Å². The minimum absolute atomic E-state index is 0.881. The lowest BCUT2D eigenvalue weighted by Gasteiger charge is -2.32. The number of methoxy groups -OCH3 is 1. The van der Waals surface area contributed by atoms with Gasteiger partial charge in [0.1, 0.15) is 17.4 Å². The van der Waals surface area contributed by atoms with Gasteiger partial charge in [0, 0.05) is 31.6 Å². The van der Waals surface area contributed by atoms with Gasteiger partial charge in [-0.05, 0) is 49.6 Å². The molecule has 0 amide bonds. The fourth-order valence-corrected chi connectivity index (χ4v) is 3.74. The number of fused-ring (bicyclic) bond motifs is 2. The zero-order valence-corrected chi connectivity index (χ0v) is 14.4. The minimum Gasteiger partial charge on any atom is -0.497 e. The predicted molar refractivity (Wildman–Crippen MR) is 94.8 cm³/mol. The topological polar surface area (TPSA) is 50.3 Å². The van der Waals surface area contributed by atoms with Gasteiger partial charge in [0.25, 0.3) is 0 Å². The van der Waals surface area contributed by atoms with E-state index >= 15 is 0 Å². The number of anilines is 1. The summed E-state index contributed by atoms with van der Waals surface area (Å²) >= 11 is 0. The molecule has 0 aliphatic carbocycles. The molecule has 0 fully saturated rings. The third kappa shape index (κ3) is 2.84. The zero-order valence-electron chi connectivity index (χ0n) is 14.4. The maximum atomic E-state index is 5.35. The fourth-order valence-electron chi connectivity index (χ4n) is 3.74. The molecule has 0 bridgehead atoms. The summed E-state index contributed by atoms with van der Waals surface area (Å²) < 4.78 is 5.35. The van der Waals surface area contributed by atoms with Gasteiger partial charge >= 0.3 is 0 Å². The normalized spacial score (nSPS) is 17.0. The second-order valence-corrected chi connectivity index (χ2v) is 6.58. The van der Waals surface area contributed by atoms with Crippen molar-refractivity contribution in [2.24, 2.45) is 0 Å². The van der Waals surface area contributed by atoms with E-state index in [0.717, 1.165) is 62.8 Å². The Labute approximate surface area is 143 Å². The Morgan fingerprint density at radius 1 is 1.08 bits per heavy atom. The van der Waals surface area contributed by atoms with Gasteiger partial charge in [0.05, 0.1) is 12.8 Å². The quantitative estimate of drug-likeness (QED) is 0.916. The highest BCUT2D eigenvalue weighted by Gasteiger charge is 2.23. The number of nitrogens with one attached hydrogen (secondary N) is 1. The van der Waals surface area contributed by atoms with Crippen molar-refractivity contribution in [1.82, 2.24) is 15.3 Å². The molecule has 0 unspecified atom stereocenters. The number of benzene rings is 1. The summed E-state index contributed by atoms with van der Waals surface area (Å²) in [6, 6.07) is 6.41. The Morgan fingerprint density at radius 2 is 1.96 bits per heavy atom. The summed E-state index contributed by atoms with van der Waals surface area (Å²) in [5.41, 5.74) is 5.33. The Bertz CT molecular complexity index is 759. The molecule has 5 nitrogen and oxygen atoms in total. The maximum absolute atomic E-state index is 5.35. The van der Waals surface area contributed by atoms with Crippen LogP contribution in [0.3, 0.4) is 0 Å². The summed E-state index contributed by atoms with van der Waals surface area (Å²) in [7, 11) is 1.73. The molecule has 0 atom stereocenters. The van der Waals surface area contributed by atoms with Crippen molar-refractivity contribution < 1.29 is 4.74 Å². The Hall–Kier alpha value is -2.14. The monoisotopic (exact) mass is 324 g/mol. The first-order chi connectivity index (χ1) is 11.7. The number of nitrogens with zero attached hydrogens (tertiary/aromatic N) is 3. The summed E-state index contributed by atoms with van der Waals surface area (Å²) in [6.45, 7) is 5.93. The van der Waals surface area contributed by atoms with Crippen molar-refractivity contribution in [2.45, 2.75) is 32.7 Å². The van der Waals surface area contributed by atoms with Crippen LogP contribution in [0.4, 0.5) is 5.82 Å². The first kappa shape index (κ1) is 15.4. The van der Waals surface area contributed by atoms with Crippen molar-refractivity contribution in [3.05, 3.63) is 46.4 Å². The molecule has 126 valence electrons.